The topological polar surface area (TPSA) is 18.5 Å². The minimum absolute atomic E-state index is 0.120. The standard InChI is InChI=1S/C21H22Br4O2/c1-5-7-15-13-14(10-12-21(15,27-25)11-6-2)20(3,4)16-8-9-17(26-24)19(23)18(16)22/h5-6,8-10,12-13,15H,1-2,7,11H2,3-4H3/i3D3,4D3,8D,9D,10D,12D,13D,15D. The Morgan fingerprint density at radius 1 is 1.30 bits per heavy atom. The quantitative estimate of drug-likeness (QED) is 0.266. The van der Waals surface area contributed by atoms with Crippen molar-refractivity contribution < 1.29 is 24.1 Å². The highest BCUT2D eigenvalue weighted by molar-refractivity contribution is 9.13. The Morgan fingerprint density at radius 3 is 2.59 bits per heavy atom. The van der Waals surface area contributed by atoms with Crippen LogP contribution < -0.4 is 3.83 Å². The maximum Gasteiger partial charge on any atom is 0.179 e. The fraction of sp³-hybridized carbons (Fsp3) is 0.333. The minimum atomic E-state index is -3.61. The van der Waals surface area contributed by atoms with E-state index in [0.717, 1.165) is 0 Å². The van der Waals surface area contributed by atoms with E-state index in [2.05, 4.69) is 77.5 Å². The fourth-order valence-corrected chi connectivity index (χ4v) is 4.24. The molecule has 0 aromatic heterocycles. The summed E-state index contributed by atoms with van der Waals surface area (Å²) in [5.41, 5.74) is -7.21. The Balaban J connectivity index is 3.45. The van der Waals surface area contributed by atoms with E-state index in [1.807, 2.05) is 0 Å². The molecule has 27 heavy (non-hydrogen) atoms. The normalized spacial score (nSPS) is 33.5. The van der Waals surface area contributed by atoms with Crippen molar-refractivity contribution in [2.45, 2.75) is 37.6 Å². The van der Waals surface area contributed by atoms with Crippen LogP contribution in [0.15, 0.2) is 70.1 Å². The van der Waals surface area contributed by atoms with Crippen LogP contribution in [0.4, 0.5) is 0 Å². The second-order valence-electron chi connectivity index (χ2n) is 5.53. The Hall–Kier alpha value is -0.140. The van der Waals surface area contributed by atoms with E-state index in [-0.39, 0.29) is 21.1 Å². The molecule has 0 amide bonds. The lowest BCUT2D eigenvalue weighted by molar-refractivity contribution is 0.114. The Morgan fingerprint density at radius 2 is 2.04 bits per heavy atom. The zero-order valence-electron chi connectivity index (χ0n) is 25.8. The summed E-state index contributed by atoms with van der Waals surface area (Å²) in [7, 11) is 0. The first-order valence-corrected chi connectivity index (χ1v) is 10.3. The zero-order valence-corrected chi connectivity index (χ0v) is 20.2. The van der Waals surface area contributed by atoms with Gasteiger partial charge in [0.1, 0.15) is 5.60 Å². The Kier molecular flexibility index (Phi) is 4.01. The minimum Gasteiger partial charge on any atom is -0.417 e. The molecule has 1 aliphatic rings. The van der Waals surface area contributed by atoms with E-state index < -0.39 is 78.4 Å². The van der Waals surface area contributed by atoms with Gasteiger partial charge in [0.2, 0.25) is 0 Å². The zero-order chi connectivity index (χ0) is 30.5. The van der Waals surface area contributed by atoms with Gasteiger partial charge in [-0.2, -0.15) is 0 Å². The third-order valence-electron chi connectivity index (χ3n) is 3.80. The summed E-state index contributed by atoms with van der Waals surface area (Å²) in [6.45, 7) is -0.0300. The molecule has 1 aliphatic carbocycles. The molecule has 0 saturated heterocycles. The fourth-order valence-electron chi connectivity index (χ4n) is 2.42. The van der Waals surface area contributed by atoms with Crippen molar-refractivity contribution in [2.75, 3.05) is 0 Å². The molecular weight excluding hydrogens is 604 g/mol. The van der Waals surface area contributed by atoms with Gasteiger partial charge in [-0.25, -0.2) is 0 Å². The van der Waals surface area contributed by atoms with Crippen LogP contribution in [0.1, 0.15) is 48.6 Å². The van der Waals surface area contributed by atoms with Crippen molar-refractivity contribution in [1.29, 1.82) is 0 Å². The molecule has 2 unspecified atom stereocenters. The van der Waals surface area contributed by atoms with Gasteiger partial charge < -0.3 is 3.83 Å². The molecule has 1 aromatic rings. The maximum absolute atomic E-state index is 9.34. The van der Waals surface area contributed by atoms with Crippen LogP contribution in [0.5, 0.6) is 5.75 Å². The van der Waals surface area contributed by atoms with E-state index in [0.29, 0.717) is 0 Å². The number of rotatable bonds is 8. The van der Waals surface area contributed by atoms with Gasteiger partial charge in [-0.3, -0.25) is 3.83 Å². The van der Waals surface area contributed by atoms with E-state index in [9.17, 15) is 1.37 Å². The molecule has 0 aliphatic heterocycles. The molecule has 0 heterocycles. The lowest BCUT2D eigenvalue weighted by Crippen LogP contribution is -2.38. The van der Waals surface area contributed by atoms with Crippen LogP contribution in [0.25, 0.3) is 0 Å². The molecule has 146 valence electrons. The summed E-state index contributed by atoms with van der Waals surface area (Å²) in [6.07, 6.45) is 1.81. The summed E-state index contributed by atoms with van der Waals surface area (Å²) in [5.74, 6) is -2.65. The van der Waals surface area contributed by atoms with Gasteiger partial charge in [0.05, 0.1) is 27.6 Å². The summed E-state index contributed by atoms with van der Waals surface area (Å²) in [6, 6.07) is -4.30. The second kappa shape index (κ2) is 9.57. The summed E-state index contributed by atoms with van der Waals surface area (Å²) in [5, 5.41) is 0. The van der Waals surface area contributed by atoms with Crippen molar-refractivity contribution in [2.24, 2.45) is 5.89 Å². The lowest BCUT2D eigenvalue weighted by Gasteiger charge is -2.39. The number of hydrogen-bond acceptors (Lipinski definition) is 2. The van der Waals surface area contributed by atoms with Gasteiger partial charge >= 0.3 is 0 Å². The molecule has 0 N–H and O–H groups in total. The largest absolute Gasteiger partial charge is 0.417 e. The number of allylic oxidation sites excluding steroid dienone is 3. The molecule has 0 saturated carbocycles. The van der Waals surface area contributed by atoms with Gasteiger partial charge in [-0.1, -0.05) is 50.1 Å². The molecule has 1 aromatic carbocycles. The van der Waals surface area contributed by atoms with Crippen LogP contribution in [-0.4, -0.2) is 5.60 Å². The van der Waals surface area contributed by atoms with Gasteiger partial charge in [0, 0.05) is 25.4 Å². The first kappa shape index (κ1) is 11.3. The van der Waals surface area contributed by atoms with Crippen molar-refractivity contribution in [3.05, 3.63) is 75.6 Å². The van der Waals surface area contributed by atoms with Crippen LogP contribution in [0.2, 0.25) is 0 Å². The average molecular weight is 638 g/mol. The SMILES string of the molecule is [2H]C1=C([2H])C(CC=C)(OBr)C([2H])(CC=C)C([2H])=C1C(c1c([2H])c([2H])c(OBr)c(Br)c1Br)(C([2H])([2H])[2H])C([2H])([2H])[2H]. The van der Waals surface area contributed by atoms with Crippen LogP contribution >= 0.6 is 64.4 Å². The predicted molar refractivity (Wildman–Crippen MR) is 128 cm³/mol. The first-order chi connectivity index (χ1) is 17.7. The van der Waals surface area contributed by atoms with Crippen molar-refractivity contribution >= 4 is 64.4 Å². The highest BCUT2D eigenvalue weighted by Crippen LogP contribution is 2.47. The number of benzene rings is 1. The van der Waals surface area contributed by atoms with Crippen LogP contribution in [0, 0.1) is 5.89 Å². The molecule has 0 radical (unpaired) electrons. The summed E-state index contributed by atoms with van der Waals surface area (Å²) < 4.78 is 114. The summed E-state index contributed by atoms with van der Waals surface area (Å²) >= 11 is 11.8. The second-order valence-corrected chi connectivity index (χ2v) is 7.76. The lowest BCUT2D eigenvalue weighted by atomic mass is 9.70. The molecule has 2 atom stereocenters. The van der Waals surface area contributed by atoms with Crippen molar-refractivity contribution in [1.82, 2.24) is 0 Å². The van der Waals surface area contributed by atoms with Crippen molar-refractivity contribution in [3.8, 4) is 5.75 Å². The first-order valence-electron chi connectivity index (χ1n) is 13.4. The average Bonchev–Trinajstić information content (AvgIpc) is 2.82. The van der Waals surface area contributed by atoms with Gasteiger partial charge in [-0.05, 0) is 61.9 Å². The van der Waals surface area contributed by atoms with E-state index in [1.165, 1.54) is 12.2 Å². The van der Waals surface area contributed by atoms with Gasteiger partial charge in [-0.15, -0.1) is 13.2 Å². The third kappa shape index (κ3) is 4.55. The highest BCUT2D eigenvalue weighted by atomic mass is 79.9. The Bertz CT molecular complexity index is 1210. The molecule has 2 rings (SSSR count). The van der Waals surface area contributed by atoms with Gasteiger partial charge in [0.15, 0.2) is 22.0 Å². The molecule has 0 spiro atoms. The maximum atomic E-state index is 9.34. The van der Waals surface area contributed by atoms with Crippen molar-refractivity contribution in [3.63, 3.8) is 0 Å². The highest BCUT2D eigenvalue weighted by Gasteiger charge is 2.40. The van der Waals surface area contributed by atoms with Crippen LogP contribution in [0.3, 0.4) is 0 Å². The van der Waals surface area contributed by atoms with Crippen LogP contribution in [-0.2, 0) is 9.24 Å². The third-order valence-corrected chi connectivity index (χ3v) is 6.76. The molecule has 0 bridgehead atoms. The Labute approximate surface area is 212 Å². The van der Waals surface area contributed by atoms with E-state index in [4.69, 9.17) is 22.7 Å². The van der Waals surface area contributed by atoms with Gasteiger partial charge in [0.25, 0.3) is 0 Å². The number of halogens is 4. The van der Waals surface area contributed by atoms with E-state index in [1.54, 1.807) is 0 Å². The molecule has 6 heteroatoms. The molecular formula is C21H22Br4O2. The molecule has 0 fully saturated rings. The smallest absolute Gasteiger partial charge is 0.179 e. The number of hydrogen-bond donors (Lipinski definition) is 0. The predicted octanol–water partition coefficient (Wildman–Crippen LogP) is 8.51. The summed E-state index contributed by atoms with van der Waals surface area (Å²) in [4.78, 5) is 0. The monoisotopic (exact) mass is 634 g/mol. The molecule has 2 nitrogen and oxygen atoms in total. The van der Waals surface area contributed by atoms with E-state index >= 15 is 0 Å².